The number of fused-ring (bicyclic) bond motifs is 1. The summed E-state index contributed by atoms with van der Waals surface area (Å²) in [5.41, 5.74) is 0.940. The van der Waals surface area contributed by atoms with Crippen molar-refractivity contribution in [1.82, 2.24) is 5.32 Å². The van der Waals surface area contributed by atoms with Crippen LogP contribution in [0.1, 0.15) is 20.7 Å². The molecule has 19 heteroatoms. The number of nitrogens with one attached hydrogen (secondary N) is 1. The Hall–Kier alpha value is -1.98. The van der Waals surface area contributed by atoms with Gasteiger partial charge in [-0.15, -0.1) is 0 Å². The Morgan fingerprint density at radius 3 is 0.963 bits per heavy atom. The predicted molar refractivity (Wildman–Crippen MR) is 83.4 cm³/mol. The maximum atomic E-state index is 10.9. The summed E-state index contributed by atoms with van der Waals surface area (Å²) < 4.78 is 40.4. The molecule has 0 atom stereocenters. The second-order valence-corrected chi connectivity index (χ2v) is 3.57. The van der Waals surface area contributed by atoms with E-state index in [1.165, 1.54) is 0 Å². The van der Waals surface area contributed by atoms with E-state index < -0.39 is 29.6 Å². The molecule has 0 radical (unpaired) electrons. The van der Waals surface area contributed by atoms with Crippen LogP contribution in [0.4, 0.5) is 17.3 Å². The average Bonchev–Trinajstić information content (AvgIpc) is 2.72. The number of hydrogen-bond acceptors (Lipinski definition) is 10. The summed E-state index contributed by atoms with van der Waals surface area (Å²) in [4.78, 5) is 21.9. The summed E-state index contributed by atoms with van der Waals surface area (Å²) in [6, 6.07) is 6.74. The number of imide groups is 1. The van der Waals surface area contributed by atoms with Crippen LogP contribution in [0.2, 0.25) is 0 Å². The summed E-state index contributed by atoms with van der Waals surface area (Å²) in [5.74, 6) is -0.601. The third kappa shape index (κ3) is 26.4. The summed E-state index contributed by atoms with van der Waals surface area (Å²) in [7, 11) is -10.7. The summed E-state index contributed by atoms with van der Waals surface area (Å²) in [5, 5.41) is 57.8. The lowest BCUT2D eigenvalue weighted by Crippen LogP contribution is -2.19. The van der Waals surface area contributed by atoms with E-state index in [1.807, 2.05) is 0 Å². The van der Waals surface area contributed by atoms with Crippen LogP contribution in [-0.2, 0) is 0 Å². The molecule has 2 amide bonds. The van der Waals surface area contributed by atoms with E-state index in [1.54, 1.807) is 24.3 Å². The lowest BCUT2D eigenvalue weighted by molar-refractivity contribution is 0.0879. The molecular formula is C8H13B4F4NO10. The molecule has 11 nitrogen and oxygen atoms in total. The summed E-state index contributed by atoms with van der Waals surface area (Å²) >= 11 is 0. The van der Waals surface area contributed by atoms with Crippen molar-refractivity contribution in [2.75, 3.05) is 0 Å². The van der Waals surface area contributed by atoms with Crippen LogP contribution in [0.5, 0.6) is 0 Å². The van der Waals surface area contributed by atoms with Crippen molar-refractivity contribution in [2.24, 2.45) is 0 Å². The Morgan fingerprint density at radius 2 is 0.778 bits per heavy atom. The highest BCUT2D eigenvalue weighted by Crippen LogP contribution is 2.13. The second-order valence-electron chi connectivity index (χ2n) is 3.57. The Kier molecular flexibility index (Phi) is 19.2. The molecule has 1 heterocycles. The van der Waals surface area contributed by atoms with Crippen molar-refractivity contribution in [3.05, 3.63) is 35.4 Å². The maximum absolute atomic E-state index is 10.9. The zero-order valence-corrected chi connectivity index (χ0v) is 13.0. The normalized spacial score (nSPS) is 9.93. The summed E-state index contributed by atoms with van der Waals surface area (Å²) in [6.07, 6.45) is 0. The molecule has 9 N–H and O–H groups in total. The van der Waals surface area contributed by atoms with Gasteiger partial charge >= 0.3 is 29.6 Å². The first-order chi connectivity index (χ1) is 12.2. The van der Waals surface area contributed by atoms with E-state index in [9.17, 15) is 26.9 Å². The molecule has 0 aliphatic carbocycles. The van der Waals surface area contributed by atoms with E-state index in [4.69, 9.17) is 40.2 Å². The molecular weight excluding hydrogens is 389 g/mol. The molecule has 2 rings (SSSR count). The molecule has 0 spiro atoms. The topological polar surface area (TPSA) is 208 Å². The Labute approximate surface area is 150 Å². The van der Waals surface area contributed by atoms with Crippen LogP contribution in [0.15, 0.2) is 24.3 Å². The zero-order chi connectivity index (χ0) is 22.2. The number of carbonyl (C=O) groups excluding carboxylic acids is 2. The number of amides is 2. The van der Waals surface area contributed by atoms with Gasteiger partial charge in [0.15, 0.2) is 0 Å². The molecule has 1 aliphatic heterocycles. The van der Waals surface area contributed by atoms with Crippen molar-refractivity contribution in [3.63, 3.8) is 0 Å². The highest BCUT2D eigenvalue weighted by Gasteiger charge is 2.25. The number of hydrogen-bond donors (Lipinski definition) is 9. The Morgan fingerprint density at radius 1 is 0.593 bits per heavy atom. The molecule has 1 aromatic carbocycles. The minimum absolute atomic E-state index is 0.300. The molecule has 1 aromatic rings. The lowest BCUT2D eigenvalue weighted by atomic mass is 10.1. The zero-order valence-electron chi connectivity index (χ0n) is 13.0. The van der Waals surface area contributed by atoms with Gasteiger partial charge in [0, 0.05) is 0 Å². The Balaban J connectivity index is -0.000000305. The predicted octanol–water partition coefficient (Wildman–Crippen LogP) is -3.73. The van der Waals surface area contributed by atoms with E-state index in [2.05, 4.69) is 5.32 Å². The van der Waals surface area contributed by atoms with Gasteiger partial charge in [-0.3, -0.25) is 32.2 Å². The van der Waals surface area contributed by atoms with Crippen LogP contribution in [0, 0.1) is 0 Å². The number of benzene rings is 1. The molecule has 27 heavy (non-hydrogen) atoms. The first kappa shape index (κ1) is 29.8. The quantitative estimate of drug-likeness (QED) is 0.118. The van der Waals surface area contributed by atoms with Crippen molar-refractivity contribution < 1.29 is 67.0 Å². The van der Waals surface area contributed by atoms with Gasteiger partial charge in [0.2, 0.25) is 0 Å². The van der Waals surface area contributed by atoms with Gasteiger partial charge in [0.05, 0.1) is 11.1 Å². The third-order valence-corrected chi connectivity index (χ3v) is 1.64. The van der Waals surface area contributed by atoms with Gasteiger partial charge < -0.3 is 40.2 Å². The SMILES string of the molecule is O=C1NC(=O)c2ccccc21.OB(O)F.OB(O)F.OB(O)F.OB(O)F. The van der Waals surface area contributed by atoms with Gasteiger partial charge in [0.1, 0.15) is 0 Å². The van der Waals surface area contributed by atoms with Crippen LogP contribution in [0.3, 0.4) is 0 Å². The van der Waals surface area contributed by atoms with Crippen LogP contribution >= 0.6 is 0 Å². The minimum Gasteiger partial charge on any atom is -0.398 e. The molecule has 0 aromatic heterocycles. The van der Waals surface area contributed by atoms with Gasteiger partial charge in [-0.05, 0) is 12.1 Å². The fraction of sp³-hybridized carbons (Fsp3) is 0. The minimum atomic E-state index is -2.67. The monoisotopic (exact) mass is 403 g/mol. The van der Waals surface area contributed by atoms with Gasteiger partial charge in [0.25, 0.3) is 11.8 Å². The lowest BCUT2D eigenvalue weighted by Gasteiger charge is -1.88. The number of rotatable bonds is 0. The first-order valence-corrected chi connectivity index (χ1v) is 6.17. The highest BCUT2D eigenvalue weighted by atomic mass is 19.1. The standard InChI is InChI=1S/C8H5NO2.4BFH2O2/c10-7-5-3-1-2-4-6(5)8(11)9-7;4*2-1(3)4/h1-4H,(H,9,10,11);4*3-4H. The van der Waals surface area contributed by atoms with Crippen molar-refractivity contribution in [3.8, 4) is 0 Å². The molecule has 0 fully saturated rings. The molecule has 1 aliphatic rings. The average molecular weight is 402 g/mol. The summed E-state index contributed by atoms with van der Waals surface area (Å²) in [6.45, 7) is 0. The van der Waals surface area contributed by atoms with E-state index in [-0.39, 0.29) is 11.8 Å². The van der Waals surface area contributed by atoms with Gasteiger partial charge in [-0.25, -0.2) is 0 Å². The van der Waals surface area contributed by atoms with Crippen molar-refractivity contribution >= 4 is 41.4 Å². The molecule has 0 unspecified atom stereocenters. The third-order valence-electron chi connectivity index (χ3n) is 1.64. The van der Waals surface area contributed by atoms with E-state index in [0.29, 0.717) is 11.1 Å². The fourth-order valence-corrected chi connectivity index (χ4v) is 1.12. The maximum Gasteiger partial charge on any atom is 0.674 e. The van der Waals surface area contributed by atoms with Crippen LogP contribution < -0.4 is 5.32 Å². The largest absolute Gasteiger partial charge is 0.674 e. The van der Waals surface area contributed by atoms with Crippen LogP contribution in [-0.4, -0.2) is 81.6 Å². The highest BCUT2D eigenvalue weighted by molar-refractivity contribution is 6.32. The van der Waals surface area contributed by atoms with Crippen LogP contribution in [0.25, 0.3) is 0 Å². The number of carbonyl (C=O) groups is 2. The Bertz CT molecular complexity index is 474. The molecule has 0 saturated carbocycles. The van der Waals surface area contributed by atoms with Crippen molar-refractivity contribution in [1.29, 1.82) is 0 Å². The van der Waals surface area contributed by atoms with E-state index >= 15 is 0 Å². The van der Waals surface area contributed by atoms with E-state index in [0.717, 1.165) is 0 Å². The smallest absolute Gasteiger partial charge is 0.398 e. The number of halogens is 4. The van der Waals surface area contributed by atoms with Gasteiger partial charge in [-0.1, -0.05) is 12.1 Å². The van der Waals surface area contributed by atoms with Crippen molar-refractivity contribution in [2.45, 2.75) is 0 Å². The fourth-order valence-electron chi connectivity index (χ4n) is 1.12. The van der Waals surface area contributed by atoms with Gasteiger partial charge in [-0.2, -0.15) is 0 Å². The molecule has 0 saturated heterocycles. The molecule has 150 valence electrons. The first-order valence-electron chi connectivity index (χ1n) is 6.17. The second kappa shape index (κ2) is 17.4. The molecule has 0 bridgehead atoms.